The summed E-state index contributed by atoms with van der Waals surface area (Å²) in [5.41, 5.74) is 0.937. The van der Waals surface area contributed by atoms with Crippen molar-refractivity contribution < 1.29 is 8.78 Å². The first kappa shape index (κ1) is 18.1. The van der Waals surface area contributed by atoms with Gasteiger partial charge in [-0.3, -0.25) is 0 Å². The van der Waals surface area contributed by atoms with Crippen LogP contribution in [0.5, 0.6) is 0 Å². The summed E-state index contributed by atoms with van der Waals surface area (Å²) >= 11 is 0. The molecule has 5 nitrogen and oxygen atoms in total. The van der Waals surface area contributed by atoms with E-state index in [1.807, 2.05) is 11.8 Å². The summed E-state index contributed by atoms with van der Waals surface area (Å²) in [4.78, 5) is 10.6. The number of aliphatic imine (C=N–C) groups is 1. The zero-order valence-electron chi connectivity index (χ0n) is 14.8. The monoisotopic (exact) mass is 359 g/mol. The highest BCUT2D eigenvalue weighted by Crippen LogP contribution is 2.20. The van der Waals surface area contributed by atoms with Gasteiger partial charge in [0.1, 0.15) is 5.82 Å². The predicted molar refractivity (Wildman–Crippen MR) is 99.2 cm³/mol. The van der Waals surface area contributed by atoms with E-state index in [1.54, 1.807) is 24.4 Å². The molecule has 138 valence electrons. The van der Waals surface area contributed by atoms with Gasteiger partial charge in [-0.1, -0.05) is 12.1 Å². The van der Waals surface area contributed by atoms with Gasteiger partial charge >= 0.3 is 0 Å². The molecule has 7 heteroatoms. The Hall–Kier alpha value is -2.70. The number of nitrogens with one attached hydrogen (secondary N) is 2. The minimum atomic E-state index is -0.301. The van der Waals surface area contributed by atoms with Crippen molar-refractivity contribution in [2.75, 3.05) is 24.5 Å². The molecule has 0 aliphatic carbocycles. The van der Waals surface area contributed by atoms with Crippen LogP contribution in [0.15, 0.2) is 47.6 Å². The number of pyridine rings is 1. The van der Waals surface area contributed by atoms with Crippen LogP contribution in [-0.4, -0.2) is 36.6 Å². The molecule has 1 atom stereocenters. The molecule has 1 aliphatic rings. The molecular weight excluding hydrogens is 336 g/mol. The van der Waals surface area contributed by atoms with Crippen molar-refractivity contribution in [3.8, 4) is 0 Å². The Kier molecular flexibility index (Phi) is 5.99. The summed E-state index contributed by atoms with van der Waals surface area (Å²) in [5.74, 6) is 0.538. The lowest BCUT2D eigenvalue weighted by molar-refractivity contribution is 0.612. The molecule has 1 aromatic carbocycles. The number of hydrogen-bond donors (Lipinski definition) is 2. The van der Waals surface area contributed by atoms with Crippen LogP contribution in [0.2, 0.25) is 0 Å². The van der Waals surface area contributed by atoms with Crippen LogP contribution in [0.1, 0.15) is 18.9 Å². The maximum atomic E-state index is 13.9. The fraction of sp³-hybridized carbons (Fsp3) is 0.368. The molecule has 1 unspecified atom stereocenters. The molecule has 0 saturated carbocycles. The van der Waals surface area contributed by atoms with E-state index in [-0.39, 0.29) is 17.7 Å². The second kappa shape index (κ2) is 8.60. The van der Waals surface area contributed by atoms with Crippen molar-refractivity contribution in [2.45, 2.75) is 25.9 Å². The molecule has 1 saturated heterocycles. The van der Waals surface area contributed by atoms with Crippen LogP contribution >= 0.6 is 0 Å². The van der Waals surface area contributed by atoms with Gasteiger partial charge in [-0.15, -0.1) is 0 Å². The largest absolute Gasteiger partial charge is 0.357 e. The van der Waals surface area contributed by atoms with Gasteiger partial charge in [0, 0.05) is 31.9 Å². The first-order chi connectivity index (χ1) is 12.7. The summed E-state index contributed by atoms with van der Waals surface area (Å²) < 4.78 is 26.9. The number of rotatable bonds is 5. The lowest BCUT2D eigenvalue weighted by Gasteiger charge is -2.20. The highest BCUT2D eigenvalue weighted by molar-refractivity contribution is 5.80. The van der Waals surface area contributed by atoms with E-state index in [2.05, 4.69) is 20.6 Å². The molecule has 0 radical (unpaired) electrons. The van der Waals surface area contributed by atoms with Crippen LogP contribution < -0.4 is 15.5 Å². The zero-order valence-corrected chi connectivity index (χ0v) is 14.8. The fourth-order valence-corrected chi connectivity index (χ4v) is 2.95. The molecule has 26 heavy (non-hydrogen) atoms. The first-order valence-electron chi connectivity index (χ1n) is 8.80. The molecule has 3 rings (SSSR count). The standard InChI is InChI=1S/C19H23F2N5/c1-2-22-19(24-12-14-5-7-15(20)8-6-14)25-16-9-11-26(13-16)18-17(21)4-3-10-23-18/h3-8,10,16H,2,9,11-13H2,1H3,(H2,22,24,25). The minimum absolute atomic E-state index is 0.155. The van der Waals surface area contributed by atoms with Crippen LogP contribution in [0.4, 0.5) is 14.6 Å². The second-order valence-corrected chi connectivity index (χ2v) is 6.21. The van der Waals surface area contributed by atoms with Crippen LogP contribution in [0.25, 0.3) is 0 Å². The van der Waals surface area contributed by atoms with E-state index >= 15 is 0 Å². The Morgan fingerprint density at radius 2 is 2.08 bits per heavy atom. The fourth-order valence-electron chi connectivity index (χ4n) is 2.95. The van der Waals surface area contributed by atoms with Gasteiger partial charge in [0.15, 0.2) is 17.6 Å². The lowest BCUT2D eigenvalue weighted by Crippen LogP contribution is -2.44. The summed E-state index contributed by atoms with van der Waals surface area (Å²) in [6, 6.07) is 9.49. The summed E-state index contributed by atoms with van der Waals surface area (Å²) in [7, 11) is 0. The SMILES string of the molecule is CCNC(=NCc1ccc(F)cc1)NC1CCN(c2ncccc2F)C1. The molecule has 2 heterocycles. The van der Waals surface area contributed by atoms with E-state index in [4.69, 9.17) is 0 Å². The van der Waals surface area contributed by atoms with Crippen LogP contribution in [0, 0.1) is 11.6 Å². The highest BCUT2D eigenvalue weighted by atomic mass is 19.1. The summed E-state index contributed by atoms with van der Waals surface area (Å²) in [5, 5.41) is 6.60. The second-order valence-electron chi connectivity index (χ2n) is 6.21. The summed E-state index contributed by atoms with van der Waals surface area (Å²) in [6.07, 6.45) is 2.48. The van der Waals surface area contributed by atoms with Gasteiger partial charge < -0.3 is 15.5 Å². The van der Waals surface area contributed by atoms with Gasteiger partial charge in [0.25, 0.3) is 0 Å². The van der Waals surface area contributed by atoms with Crippen molar-refractivity contribution >= 4 is 11.8 Å². The Balaban J connectivity index is 1.60. The first-order valence-corrected chi connectivity index (χ1v) is 8.80. The third-order valence-electron chi connectivity index (χ3n) is 4.24. The summed E-state index contributed by atoms with van der Waals surface area (Å²) in [6.45, 7) is 4.60. The predicted octanol–water partition coefficient (Wildman–Crippen LogP) is 2.69. The van der Waals surface area contributed by atoms with E-state index in [0.29, 0.717) is 24.9 Å². The number of guanidine groups is 1. The van der Waals surface area contributed by atoms with Crippen molar-refractivity contribution in [3.63, 3.8) is 0 Å². The highest BCUT2D eigenvalue weighted by Gasteiger charge is 2.25. The molecule has 1 aliphatic heterocycles. The molecule has 0 bridgehead atoms. The topological polar surface area (TPSA) is 52.6 Å². The minimum Gasteiger partial charge on any atom is -0.357 e. The maximum Gasteiger partial charge on any atom is 0.191 e. The van der Waals surface area contributed by atoms with Crippen molar-refractivity contribution in [1.82, 2.24) is 15.6 Å². The Labute approximate surface area is 152 Å². The molecular formula is C19H23F2N5. The number of benzene rings is 1. The molecule has 2 aromatic rings. The Bertz CT molecular complexity index is 748. The van der Waals surface area contributed by atoms with Crippen LogP contribution in [0.3, 0.4) is 0 Å². The maximum absolute atomic E-state index is 13.9. The van der Waals surface area contributed by atoms with Gasteiger partial charge in [-0.05, 0) is 43.2 Å². The molecule has 2 N–H and O–H groups in total. The molecule has 1 fully saturated rings. The number of aromatic nitrogens is 1. The van der Waals surface area contributed by atoms with E-state index in [9.17, 15) is 8.78 Å². The average Bonchev–Trinajstić information content (AvgIpc) is 3.10. The van der Waals surface area contributed by atoms with Crippen molar-refractivity contribution in [1.29, 1.82) is 0 Å². The van der Waals surface area contributed by atoms with Gasteiger partial charge in [0.2, 0.25) is 0 Å². The third kappa shape index (κ3) is 4.68. The van der Waals surface area contributed by atoms with E-state index in [1.165, 1.54) is 18.2 Å². The van der Waals surface area contributed by atoms with Gasteiger partial charge in [0.05, 0.1) is 6.54 Å². The van der Waals surface area contributed by atoms with E-state index in [0.717, 1.165) is 25.1 Å². The lowest BCUT2D eigenvalue weighted by atomic mass is 10.2. The van der Waals surface area contributed by atoms with Gasteiger partial charge in [-0.25, -0.2) is 18.8 Å². The van der Waals surface area contributed by atoms with Crippen molar-refractivity contribution in [2.24, 2.45) is 4.99 Å². The average molecular weight is 359 g/mol. The van der Waals surface area contributed by atoms with Crippen molar-refractivity contribution in [3.05, 3.63) is 59.8 Å². The number of nitrogens with zero attached hydrogens (tertiary/aromatic N) is 3. The quantitative estimate of drug-likeness (QED) is 0.637. The zero-order chi connectivity index (χ0) is 18.4. The van der Waals surface area contributed by atoms with Gasteiger partial charge in [-0.2, -0.15) is 0 Å². The Morgan fingerprint density at radius 1 is 1.27 bits per heavy atom. The third-order valence-corrected chi connectivity index (χ3v) is 4.24. The molecule has 0 spiro atoms. The smallest absolute Gasteiger partial charge is 0.191 e. The number of hydrogen-bond acceptors (Lipinski definition) is 3. The van der Waals surface area contributed by atoms with E-state index < -0.39 is 0 Å². The number of halogens is 2. The molecule has 0 amide bonds. The van der Waals surface area contributed by atoms with Crippen LogP contribution in [-0.2, 0) is 6.54 Å². The number of anilines is 1. The Morgan fingerprint density at radius 3 is 2.81 bits per heavy atom. The molecule has 1 aromatic heterocycles. The normalized spacial score (nSPS) is 17.4.